The second-order valence-corrected chi connectivity index (χ2v) is 2.68. The van der Waals surface area contributed by atoms with Crippen LogP contribution in [0.1, 0.15) is 12.1 Å². The molecule has 1 aromatic heterocycles. The van der Waals surface area contributed by atoms with E-state index in [4.69, 9.17) is 0 Å². The maximum absolute atomic E-state index is 9.41. The van der Waals surface area contributed by atoms with Crippen LogP contribution in [0.5, 0.6) is 5.75 Å². The number of nitrogens with zero attached hydrogens (tertiary/aromatic N) is 2. The summed E-state index contributed by atoms with van der Waals surface area (Å²) in [5, 5.41) is 18.8. The molecular formula is C9H8N2O2. The highest BCUT2D eigenvalue weighted by atomic mass is 16.3. The van der Waals surface area contributed by atoms with E-state index >= 15 is 0 Å². The van der Waals surface area contributed by atoms with E-state index in [-0.39, 0.29) is 11.5 Å². The fourth-order valence-electron chi connectivity index (χ4n) is 1.17. The Labute approximate surface area is 74.9 Å². The summed E-state index contributed by atoms with van der Waals surface area (Å²) in [6.45, 7) is 0. The van der Waals surface area contributed by atoms with Gasteiger partial charge in [-0.2, -0.15) is 0 Å². The molecule has 2 rings (SSSR count). The maximum atomic E-state index is 9.41. The van der Waals surface area contributed by atoms with Crippen LogP contribution in [0, 0.1) is 0 Å². The Hall–Kier alpha value is -1.84. The molecule has 66 valence electrons. The lowest BCUT2D eigenvalue weighted by Gasteiger charge is -2.01. The molecule has 0 saturated heterocycles. The summed E-state index contributed by atoms with van der Waals surface area (Å²) >= 11 is 0. The van der Waals surface area contributed by atoms with Gasteiger partial charge in [-0.05, 0) is 12.1 Å². The number of hydrogen-bond acceptors (Lipinski definition) is 4. The lowest BCUT2D eigenvalue weighted by atomic mass is 10.2. The molecule has 0 bridgehead atoms. The van der Waals surface area contributed by atoms with Crippen molar-refractivity contribution in [3.05, 3.63) is 29.8 Å². The number of aliphatic hydroxyl groups is 1. The fourth-order valence-corrected chi connectivity index (χ4v) is 1.17. The average Bonchev–Trinajstić information content (AvgIpc) is 2.52. The number of hydrogen-bond donors (Lipinski definition) is 2. The largest absolute Gasteiger partial charge is 0.510 e. The molecule has 2 N–H and O–H groups in total. The van der Waals surface area contributed by atoms with Crippen molar-refractivity contribution < 1.29 is 10.2 Å². The standard InChI is InChI=1S/C9H8N2O2/c12-6-2-1-4-10-8(6)9-7(13)3-5-11-9/h1-2,4-5,12-13H,3H2. The molecule has 13 heavy (non-hydrogen) atoms. The minimum absolute atomic E-state index is 0.0306. The van der Waals surface area contributed by atoms with E-state index in [1.165, 1.54) is 6.07 Å². The van der Waals surface area contributed by atoms with Crippen molar-refractivity contribution in [2.75, 3.05) is 0 Å². The predicted octanol–water partition coefficient (Wildman–Crippen LogP) is 1.49. The Bertz CT molecular complexity index is 396. The molecular weight excluding hydrogens is 168 g/mol. The molecule has 1 aliphatic rings. The van der Waals surface area contributed by atoms with Crippen molar-refractivity contribution in [3.8, 4) is 5.75 Å². The minimum atomic E-state index is 0.0306. The van der Waals surface area contributed by atoms with Gasteiger partial charge in [-0.25, -0.2) is 0 Å². The van der Waals surface area contributed by atoms with Gasteiger partial charge in [0.2, 0.25) is 0 Å². The van der Waals surface area contributed by atoms with Gasteiger partial charge in [0.25, 0.3) is 0 Å². The molecule has 1 aliphatic heterocycles. The molecule has 4 nitrogen and oxygen atoms in total. The van der Waals surface area contributed by atoms with Gasteiger partial charge in [-0.15, -0.1) is 0 Å². The SMILES string of the molecule is OC1=C(c2ncccc2O)N=CC1. The highest BCUT2D eigenvalue weighted by molar-refractivity contribution is 5.83. The Morgan fingerprint density at radius 1 is 1.31 bits per heavy atom. The Morgan fingerprint density at radius 2 is 2.15 bits per heavy atom. The smallest absolute Gasteiger partial charge is 0.143 e. The van der Waals surface area contributed by atoms with Crippen LogP contribution in [0.3, 0.4) is 0 Å². The molecule has 0 amide bonds. The number of rotatable bonds is 1. The molecule has 0 radical (unpaired) electrons. The number of pyridine rings is 1. The molecule has 0 aliphatic carbocycles. The van der Waals surface area contributed by atoms with Crippen LogP contribution >= 0.6 is 0 Å². The zero-order valence-electron chi connectivity index (χ0n) is 6.81. The Kier molecular flexibility index (Phi) is 1.73. The monoisotopic (exact) mass is 176 g/mol. The lowest BCUT2D eigenvalue weighted by Crippen LogP contribution is -1.88. The van der Waals surface area contributed by atoms with Crippen LogP contribution in [-0.4, -0.2) is 21.4 Å². The topological polar surface area (TPSA) is 65.7 Å². The maximum Gasteiger partial charge on any atom is 0.143 e. The normalized spacial score (nSPS) is 15.4. The van der Waals surface area contributed by atoms with Gasteiger partial charge >= 0.3 is 0 Å². The van der Waals surface area contributed by atoms with Crippen LogP contribution in [0.4, 0.5) is 0 Å². The fraction of sp³-hybridized carbons (Fsp3) is 0.111. The number of aliphatic imine (C=N–C) groups is 1. The second-order valence-electron chi connectivity index (χ2n) is 2.68. The van der Waals surface area contributed by atoms with Crippen LogP contribution in [-0.2, 0) is 0 Å². The minimum Gasteiger partial charge on any atom is -0.510 e. The van der Waals surface area contributed by atoms with Gasteiger partial charge in [0, 0.05) is 18.8 Å². The van der Waals surface area contributed by atoms with E-state index < -0.39 is 0 Å². The second kappa shape index (κ2) is 2.90. The highest BCUT2D eigenvalue weighted by Crippen LogP contribution is 2.28. The van der Waals surface area contributed by atoms with E-state index in [0.29, 0.717) is 17.8 Å². The van der Waals surface area contributed by atoms with Gasteiger partial charge in [0.05, 0.1) is 0 Å². The lowest BCUT2D eigenvalue weighted by molar-refractivity contribution is 0.409. The molecule has 0 aromatic carbocycles. The summed E-state index contributed by atoms with van der Waals surface area (Å²) in [6, 6.07) is 3.13. The molecule has 0 fully saturated rings. The first-order chi connectivity index (χ1) is 6.29. The van der Waals surface area contributed by atoms with E-state index in [0.717, 1.165) is 0 Å². The summed E-state index contributed by atoms with van der Waals surface area (Å²) < 4.78 is 0. The molecule has 4 heteroatoms. The Morgan fingerprint density at radius 3 is 2.77 bits per heavy atom. The zero-order chi connectivity index (χ0) is 9.26. The predicted molar refractivity (Wildman–Crippen MR) is 48.6 cm³/mol. The van der Waals surface area contributed by atoms with Gasteiger partial charge in [-0.1, -0.05) is 0 Å². The first-order valence-electron chi connectivity index (χ1n) is 3.88. The highest BCUT2D eigenvalue weighted by Gasteiger charge is 2.15. The Balaban J connectivity index is 2.52. The van der Waals surface area contributed by atoms with Gasteiger partial charge in [-0.3, -0.25) is 9.98 Å². The van der Waals surface area contributed by atoms with Crippen LogP contribution in [0.15, 0.2) is 29.1 Å². The zero-order valence-corrected chi connectivity index (χ0v) is 6.81. The third-order valence-electron chi connectivity index (χ3n) is 1.79. The summed E-state index contributed by atoms with van der Waals surface area (Å²) in [5.74, 6) is 0.178. The first kappa shape index (κ1) is 7.79. The number of allylic oxidation sites excluding steroid dienone is 1. The number of aromatic nitrogens is 1. The van der Waals surface area contributed by atoms with Gasteiger partial charge < -0.3 is 10.2 Å². The van der Waals surface area contributed by atoms with Crippen molar-refractivity contribution in [2.45, 2.75) is 6.42 Å². The summed E-state index contributed by atoms with van der Waals surface area (Å²) in [5.41, 5.74) is 0.687. The quantitative estimate of drug-likeness (QED) is 0.681. The molecule has 1 aromatic rings. The van der Waals surface area contributed by atoms with E-state index in [2.05, 4.69) is 9.98 Å². The number of aromatic hydroxyl groups is 1. The van der Waals surface area contributed by atoms with Crippen molar-refractivity contribution in [3.63, 3.8) is 0 Å². The van der Waals surface area contributed by atoms with E-state index in [1.807, 2.05) is 0 Å². The average molecular weight is 176 g/mol. The molecule has 2 heterocycles. The molecule has 0 spiro atoms. The van der Waals surface area contributed by atoms with Crippen LogP contribution < -0.4 is 0 Å². The third-order valence-corrected chi connectivity index (χ3v) is 1.79. The summed E-state index contributed by atoms with van der Waals surface area (Å²) in [7, 11) is 0. The molecule has 0 atom stereocenters. The van der Waals surface area contributed by atoms with E-state index in [9.17, 15) is 10.2 Å². The van der Waals surface area contributed by atoms with Crippen molar-refractivity contribution in [1.82, 2.24) is 4.98 Å². The van der Waals surface area contributed by atoms with E-state index in [1.54, 1.807) is 18.5 Å². The molecule has 0 saturated carbocycles. The first-order valence-corrected chi connectivity index (χ1v) is 3.88. The summed E-state index contributed by atoms with van der Waals surface area (Å²) in [4.78, 5) is 7.86. The van der Waals surface area contributed by atoms with Gasteiger partial charge in [0.15, 0.2) is 0 Å². The third kappa shape index (κ3) is 1.26. The van der Waals surface area contributed by atoms with Crippen LogP contribution in [0.2, 0.25) is 0 Å². The molecule has 0 unspecified atom stereocenters. The summed E-state index contributed by atoms with van der Waals surface area (Å²) in [6.07, 6.45) is 3.54. The van der Waals surface area contributed by atoms with Gasteiger partial charge in [0.1, 0.15) is 22.9 Å². The van der Waals surface area contributed by atoms with Crippen molar-refractivity contribution in [1.29, 1.82) is 0 Å². The van der Waals surface area contributed by atoms with Crippen LogP contribution in [0.25, 0.3) is 5.70 Å². The number of aliphatic hydroxyl groups excluding tert-OH is 1. The van der Waals surface area contributed by atoms with Crippen molar-refractivity contribution >= 4 is 11.9 Å². The van der Waals surface area contributed by atoms with Crippen molar-refractivity contribution in [2.24, 2.45) is 4.99 Å².